The van der Waals surface area contributed by atoms with Crippen LogP contribution in [0.5, 0.6) is 11.5 Å². The lowest BCUT2D eigenvalue weighted by atomic mass is 10.1. The Balaban J connectivity index is 1.84. The number of carbonyl (C=O) groups excluding carboxylic acids is 1. The molecule has 0 radical (unpaired) electrons. The molecule has 0 heterocycles. The maximum atomic E-state index is 13.1. The number of halogens is 1. The van der Waals surface area contributed by atoms with Gasteiger partial charge in [-0.3, -0.25) is 19.2 Å². The summed E-state index contributed by atoms with van der Waals surface area (Å²) < 4.78 is 45.1. The van der Waals surface area contributed by atoms with Gasteiger partial charge < -0.3 is 4.74 Å². The minimum absolute atomic E-state index is 0.0601. The number of hydrogen-bond donors (Lipinski definition) is 0. The van der Waals surface area contributed by atoms with E-state index < -0.39 is 20.8 Å². The Labute approximate surface area is 177 Å². The van der Waals surface area contributed by atoms with Crippen LogP contribution in [0.4, 0.5) is 15.8 Å². The summed E-state index contributed by atoms with van der Waals surface area (Å²) in [6.07, 6.45) is 0. The van der Waals surface area contributed by atoms with E-state index in [1.807, 2.05) is 0 Å². The minimum Gasteiger partial charge on any atom is -0.450 e. The highest BCUT2D eigenvalue weighted by Gasteiger charge is 2.22. The molecule has 3 rings (SSSR count). The number of anilines is 1. The molecule has 0 unspecified atom stereocenters. The van der Waals surface area contributed by atoms with E-state index in [4.69, 9.17) is 4.74 Å². The third-order valence-corrected chi connectivity index (χ3v) is 6.26. The van der Waals surface area contributed by atoms with Gasteiger partial charge in [0.1, 0.15) is 11.6 Å². The van der Waals surface area contributed by atoms with Gasteiger partial charge in [0.15, 0.2) is 5.78 Å². The SMILES string of the molecule is CC(=O)c1ccc(Oc2ccc(N(C)S(=O)(=O)c3ccc(F)cc3)cc2)c([N+](=O)[O-])c1. The first-order chi connectivity index (χ1) is 14.6. The van der Waals surface area contributed by atoms with Crippen molar-refractivity contribution in [3.63, 3.8) is 0 Å². The van der Waals surface area contributed by atoms with Crippen molar-refractivity contribution in [2.45, 2.75) is 11.8 Å². The molecule has 0 spiro atoms. The van der Waals surface area contributed by atoms with Gasteiger partial charge in [0, 0.05) is 18.7 Å². The number of sulfonamides is 1. The highest BCUT2D eigenvalue weighted by molar-refractivity contribution is 7.92. The summed E-state index contributed by atoms with van der Waals surface area (Å²) in [5, 5.41) is 11.3. The average molecular weight is 444 g/mol. The van der Waals surface area contributed by atoms with Crippen LogP contribution in [0.15, 0.2) is 71.6 Å². The quantitative estimate of drug-likeness (QED) is 0.301. The Hall–Kier alpha value is -3.79. The fraction of sp³-hybridized carbons (Fsp3) is 0.0952. The number of rotatable bonds is 7. The molecule has 0 atom stereocenters. The molecule has 0 bridgehead atoms. The lowest BCUT2D eigenvalue weighted by molar-refractivity contribution is -0.385. The molecule has 0 aliphatic heterocycles. The number of carbonyl (C=O) groups is 1. The molecule has 10 heteroatoms. The van der Waals surface area contributed by atoms with Crippen LogP contribution in [0.1, 0.15) is 17.3 Å². The van der Waals surface area contributed by atoms with Crippen molar-refractivity contribution in [2.75, 3.05) is 11.4 Å². The van der Waals surface area contributed by atoms with Crippen LogP contribution in [-0.2, 0) is 10.0 Å². The molecule has 160 valence electrons. The van der Waals surface area contributed by atoms with Gasteiger partial charge in [-0.1, -0.05) is 0 Å². The third-order valence-electron chi connectivity index (χ3n) is 4.46. The molecular formula is C21H17FN2O6S. The molecule has 0 amide bonds. The zero-order chi connectivity index (χ0) is 22.8. The predicted octanol–water partition coefficient (Wildman–Crippen LogP) is 4.55. The summed E-state index contributed by atoms with van der Waals surface area (Å²) in [7, 11) is -2.56. The van der Waals surface area contributed by atoms with E-state index >= 15 is 0 Å². The number of hydrogen-bond acceptors (Lipinski definition) is 6. The number of nitro benzene ring substituents is 1. The highest BCUT2D eigenvalue weighted by Crippen LogP contribution is 2.33. The smallest absolute Gasteiger partial charge is 0.312 e. The van der Waals surface area contributed by atoms with Crippen LogP contribution in [-0.4, -0.2) is 26.2 Å². The van der Waals surface area contributed by atoms with E-state index in [1.165, 1.54) is 62.5 Å². The molecule has 0 aliphatic carbocycles. The second-order valence-corrected chi connectivity index (χ2v) is 8.49. The maximum Gasteiger partial charge on any atom is 0.312 e. The number of nitrogens with zero attached hydrogens (tertiary/aromatic N) is 2. The van der Waals surface area contributed by atoms with Gasteiger partial charge in [0.05, 0.1) is 15.5 Å². The predicted molar refractivity (Wildman–Crippen MR) is 112 cm³/mol. The highest BCUT2D eigenvalue weighted by atomic mass is 32.2. The van der Waals surface area contributed by atoms with Gasteiger partial charge in [-0.05, 0) is 67.6 Å². The Morgan fingerprint density at radius 3 is 2.19 bits per heavy atom. The van der Waals surface area contributed by atoms with Crippen molar-refractivity contribution < 1.29 is 27.3 Å². The van der Waals surface area contributed by atoms with Crippen LogP contribution in [0.25, 0.3) is 0 Å². The first-order valence-electron chi connectivity index (χ1n) is 8.91. The Bertz CT molecular complexity index is 1240. The average Bonchev–Trinajstić information content (AvgIpc) is 2.74. The monoisotopic (exact) mass is 444 g/mol. The summed E-state index contributed by atoms with van der Waals surface area (Å²) in [5.74, 6) is -0.692. The van der Waals surface area contributed by atoms with Crippen molar-refractivity contribution in [1.29, 1.82) is 0 Å². The lowest BCUT2D eigenvalue weighted by Gasteiger charge is -2.20. The maximum absolute atomic E-state index is 13.1. The summed E-state index contributed by atoms with van der Waals surface area (Å²) >= 11 is 0. The third kappa shape index (κ3) is 4.69. The van der Waals surface area contributed by atoms with E-state index in [2.05, 4.69) is 0 Å². The minimum atomic E-state index is -3.91. The zero-order valence-corrected chi connectivity index (χ0v) is 17.3. The van der Waals surface area contributed by atoms with Crippen LogP contribution in [0, 0.1) is 15.9 Å². The standard InChI is InChI=1S/C21H17FN2O6S/c1-14(25)15-3-12-21(20(13-15)24(26)27)30-18-8-6-17(7-9-18)23(2)31(28,29)19-10-4-16(22)5-11-19/h3-13H,1-2H3. The molecule has 0 fully saturated rings. The first kappa shape index (κ1) is 21.9. The van der Waals surface area contributed by atoms with E-state index in [0.717, 1.165) is 22.5 Å². The van der Waals surface area contributed by atoms with Crippen molar-refractivity contribution in [1.82, 2.24) is 0 Å². The number of ketones is 1. The van der Waals surface area contributed by atoms with E-state index in [1.54, 1.807) is 0 Å². The molecule has 0 saturated carbocycles. The first-order valence-corrected chi connectivity index (χ1v) is 10.4. The summed E-state index contributed by atoms with van der Waals surface area (Å²) in [6.45, 7) is 1.30. The van der Waals surface area contributed by atoms with Gasteiger partial charge in [-0.25, -0.2) is 12.8 Å². The van der Waals surface area contributed by atoms with Crippen LogP contribution >= 0.6 is 0 Å². The van der Waals surface area contributed by atoms with Crippen molar-refractivity contribution in [3.05, 3.63) is 88.2 Å². The largest absolute Gasteiger partial charge is 0.450 e. The van der Waals surface area contributed by atoms with Crippen molar-refractivity contribution in [2.24, 2.45) is 0 Å². The van der Waals surface area contributed by atoms with Crippen LogP contribution in [0.2, 0.25) is 0 Å². The second-order valence-electron chi connectivity index (χ2n) is 6.52. The number of nitro groups is 1. The Morgan fingerprint density at radius 1 is 1.03 bits per heavy atom. The summed E-state index contributed by atoms with van der Waals surface area (Å²) in [5.41, 5.74) is 0.118. The fourth-order valence-corrected chi connectivity index (χ4v) is 3.92. The number of Topliss-reactive ketones (excluding diaryl/α,β-unsaturated/α-hetero) is 1. The molecule has 3 aromatic rings. The molecule has 0 aliphatic rings. The van der Waals surface area contributed by atoms with Crippen molar-refractivity contribution >= 4 is 27.2 Å². The fourth-order valence-electron chi connectivity index (χ4n) is 2.72. The van der Waals surface area contributed by atoms with E-state index in [-0.39, 0.29) is 33.4 Å². The van der Waals surface area contributed by atoms with Crippen LogP contribution in [0.3, 0.4) is 0 Å². The summed E-state index contributed by atoms with van der Waals surface area (Å²) in [6, 6.07) is 14.2. The second kappa shape index (κ2) is 8.52. The van der Waals surface area contributed by atoms with E-state index in [0.29, 0.717) is 5.69 Å². The number of ether oxygens (including phenoxy) is 1. The van der Waals surface area contributed by atoms with Gasteiger partial charge in [0.25, 0.3) is 10.0 Å². The Morgan fingerprint density at radius 2 is 1.65 bits per heavy atom. The van der Waals surface area contributed by atoms with Gasteiger partial charge in [0.2, 0.25) is 5.75 Å². The molecule has 0 N–H and O–H groups in total. The zero-order valence-electron chi connectivity index (χ0n) is 16.5. The molecule has 0 saturated heterocycles. The van der Waals surface area contributed by atoms with Gasteiger partial charge in [-0.2, -0.15) is 0 Å². The summed E-state index contributed by atoms with van der Waals surface area (Å²) in [4.78, 5) is 22.0. The Kier molecular flexibility index (Phi) is 6.02. The molecule has 8 nitrogen and oxygen atoms in total. The van der Waals surface area contributed by atoms with Gasteiger partial charge >= 0.3 is 5.69 Å². The van der Waals surface area contributed by atoms with Crippen LogP contribution < -0.4 is 9.04 Å². The van der Waals surface area contributed by atoms with E-state index in [9.17, 15) is 27.7 Å². The topological polar surface area (TPSA) is 107 Å². The molecule has 3 aromatic carbocycles. The number of benzene rings is 3. The molecular weight excluding hydrogens is 427 g/mol. The van der Waals surface area contributed by atoms with Gasteiger partial charge in [-0.15, -0.1) is 0 Å². The van der Waals surface area contributed by atoms with Crippen molar-refractivity contribution in [3.8, 4) is 11.5 Å². The normalized spacial score (nSPS) is 11.1. The molecule has 0 aromatic heterocycles. The molecule has 31 heavy (non-hydrogen) atoms. The lowest BCUT2D eigenvalue weighted by Crippen LogP contribution is -2.26.